The van der Waals surface area contributed by atoms with Gasteiger partial charge >= 0.3 is 12.1 Å². The van der Waals surface area contributed by atoms with Crippen molar-refractivity contribution >= 4 is 29.3 Å². The number of nitrogens with one attached hydrogen (secondary N) is 2. The summed E-state index contributed by atoms with van der Waals surface area (Å²) in [6, 6.07) is 16.4. The largest absolute Gasteiger partial charge is 0.480 e. The summed E-state index contributed by atoms with van der Waals surface area (Å²) < 4.78 is 31.1. The first-order valence-corrected chi connectivity index (χ1v) is 14.6. The average Bonchev–Trinajstić information content (AvgIpc) is 3.51. The predicted molar refractivity (Wildman–Crippen MR) is 167 cm³/mol. The maximum absolute atomic E-state index is 15.2. The molecule has 1 aromatic heterocycles. The lowest BCUT2D eigenvalue weighted by Crippen LogP contribution is -2.42. The summed E-state index contributed by atoms with van der Waals surface area (Å²) in [6.45, 7) is 8.06. The zero-order chi connectivity index (χ0) is 32.8. The number of morpholine rings is 1. The molecule has 240 valence electrons. The van der Waals surface area contributed by atoms with E-state index in [4.69, 9.17) is 14.0 Å². The highest BCUT2D eigenvalue weighted by atomic mass is 19.1. The number of ether oxygens (including phenoxy) is 2. The molecule has 0 spiro atoms. The highest BCUT2D eigenvalue weighted by molar-refractivity contribution is 5.97. The number of benzene rings is 3. The summed E-state index contributed by atoms with van der Waals surface area (Å²) in [6.07, 6.45) is -0.739. The maximum Gasteiger partial charge on any atom is 0.412 e. The van der Waals surface area contributed by atoms with Gasteiger partial charge in [0.25, 0.3) is 11.8 Å². The Hall–Kier alpha value is -5.30. The molecule has 0 aliphatic carbocycles. The van der Waals surface area contributed by atoms with Gasteiger partial charge in [-0.15, -0.1) is 0 Å². The molecule has 3 N–H and O–H groups in total. The number of aromatic nitrogens is 2. The van der Waals surface area contributed by atoms with Crippen molar-refractivity contribution in [2.75, 3.05) is 36.5 Å². The lowest BCUT2D eigenvalue weighted by molar-refractivity contribution is -0.139. The fourth-order valence-corrected chi connectivity index (χ4v) is 4.76. The smallest absolute Gasteiger partial charge is 0.412 e. The van der Waals surface area contributed by atoms with Crippen LogP contribution in [-0.4, -0.2) is 71.2 Å². The van der Waals surface area contributed by atoms with Gasteiger partial charge in [0, 0.05) is 42.0 Å². The summed E-state index contributed by atoms with van der Waals surface area (Å²) in [5, 5.41) is 18.8. The molecule has 2 heterocycles. The third-order valence-electron chi connectivity index (χ3n) is 7.03. The van der Waals surface area contributed by atoms with Gasteiger partial charge in [-0.2, -0.15) is 4.98 Å². The Morgan fingerprint density at radius 2 is 1.72 bits per heavy atom. The second-order valence-electron chi connectivity index (χ2n) is 11.7. The third-order valence-corrected chi connectivity index (χ3v) is 7.03. The molecule has 4 aromatic rings. The van der Waals surface area contributed by atoms with Gasteiger partial charge < -0.3 is 29.3 Å². The Labute approximate surface area is 264 Å². The number of carboxylic acid groups (broad SMARTS) is 1. The van der Waals surface area contributed by atoms with E-state index in [2.05, 4.69) is 25.7 Å². The van der Waals surface area contributed by atoms with Crippen LogP contribution < -0.4 is 15.5 Å². The quantitative estimate of drug-likeness (QED) is 0.226. The average molecular weight is 632 g/mol. The minimum Gasteiger partial charge on any atom is -0.480 e. The summed E-state index contributed by atoms with van der Waals surface area (Å²) in [4.78, 5) is 43.3. The van der Waals surface area contributed by atoms with Gasteiger partial charge in [-0.1, -0.05) is 11.2 Å². The second kappa shape index (κ2) is 13.8. The molecule has 1 unspecified atom stereocenters. The lowest BCUT2D eigenvalue weighted by atomic mass is 10.0. The molecular formula is C33H34FN5O7. The first kappa shape index (κ1) is 32.1. The van der Waals surface area contributed by atoms with Crippen LogP contribution >= 0.6 is 0 Å². The van der Waals surface area contributed by atoms with Crippen molar-refractivity contribution in [1.82, 2.24) is 15.5 Å². The molecule has 0 saturated carbocycles. The molecule has 3 aromatic carbocycles. The molecule has 1 atom stereocenters. The first-order valence-electron chi connectivity index (χ1n) is 14.6. The number of amides is 2. The zero-order valence-corrected chi connectivity index (χ0v) is 25.6. The highest BCUT2D eigenvalue weighted by Gasteiger charge is 2.23. The molecular weight excluding hydrogens is 597 g/mol. The zero-order valence-electron chi connectivity index (χ0n) is 25.6. The van der Waals surface area contributed by atoms with E-state index in [9.17, 15) is 19.5 Å². The Kier molecular flexibility index (Phi) is 9.61. The van der Waals surface area contributed by atoms with E-state index >= 15 is 4.39 Å². The SMILES string of the molecule is CC(C)(C)OC(=O)Nc1ccc(-c2nc(-c3ccc(CC(NC(=O)c4ccc(N5CCOCC5)cc4)C(=O)O)cc3F)no2)cc1. The van der Waals surface area contributed by atoms with Gasteiger partial charge in [-0.3, -0.25) is 10.1 Å². The molecule has 1 saturated heterocycles. The van der Waals surface area contributed by atoms with Gasteiger partial charge in [0.1, 0.15) is 17.5 Å². The van der Waals surface area contributed by atoms with Gasteiger partial charge in [-0.05, 0) is 87.0 Å². The summed E-state index contributed by atoms with van der Waals surface area (Å²) in [7, 11) is 0. The molecule has 46 heavy (non-hydrogen) atoms. The topological polar surface area (TPSA) is 156 Å². The fourth-order valence-electron chi connectivity index (χ4n) is 4.76. The first-order chi connectivity index (χ1) is 21.9. The van der Waals surface area contributed by atoms with Crippen LogP contribution in [0.2, 0.25) is 0 Å². The van der Waals surface area contributed by atoms with E-state index in [-0.39, 0.29) is 23.7 Å². The van der Waals surface area contributed by atoms with Gasteiger partial charge in [0.05, 0.1) is 18.8 Å². The monoisotopic (exact) mass is 631 g/mol. The van der Waals surface area contributed by atoms with E-state index in [1.807, 2.05) is 12.1 Å². The molecule has 0 bridgehead atoms. The number of hydrogen-bond acceptors (Lipinski definition) is 9. The maximum atomic E-state index is 15.2. The number of halogens is 1. The van der Waals surface area contributed by atoms with Crippen molar-refractivity contribution in [2.24, 2.45) is 0 Å². The van der Waals surface area contributed by atoms with E-state index in [0.717, 1.165) is 18.8 Å². The standard InChI is InChI=1S/C33H34FN5O7/c1-33(2,3)45-32(43)35-23-9-5-22(6-10-23)30-37-28(38-46-30)25-13-4-20(18-26(25)34)19-27(31(41)42)36-29(40)21-7-11-24(12-8-21)39-14-16-44-17-15-39/h4-13,18,27H,14-17,19H2,1-3H3,(H,35,43)(H,36,40)(H,41,42). The number of hydrogen-bond donors (Lipinski definition) is 3. The van der Waals surface area contributed by atoms with E-state index in [1.54, 1.807) is 63.2 Å². The molecule has 1 aliphatic rings. The van der Waals surface area contributed by atoms with Crippen LogP contribution in [0.4, 0.5) is 20.6 Å². The summed E-state index contributed by atoms with van der Waals surface area (Å²) in [5.41, 5.74) is 2.07. The van der Waals surface area contributed by atoms with Crippen molar-refractivity contribution in [1.29, 1.82) is 0 Å². The van der Waals surface area contributed by atoms with Crippen LogP contribution in [0.3, 0.4) is 0 Å². The number of carbonyl (C=O) groups is 3. The third kappa shape index (κ3) is 8.24. The van der Waals surface area contributed by atoms with E-state index in [0.29, 0.717) is 35.6 Å². The number of aliphatic carboxylic acids is 1. The minimum atomic E-state index is -1.29. The van der Waals surface area contributed by atoms with Crippen molar-refractivity contribution < 1.29 is 37.9 Å². The minimum absolute atomic E-state index is 0.00128. The van der Waals surface area contributed by atoms with Crippen LogP contribution in [0.5, 0.6) is 0 Å². The molecule has 12 nitrogen and oxygen atoms in total. The van der Waals surface area contributed by atoms with Gasteiger partial charge in [0.15, 0.2) is 0 Å². The Morgan fingerprint density at radius 1 is 1.02 bits per heavy atom. The Balaban J connectivity index is 1.21. The Morgan fingerprint density at radius 3 is 2.35 bits per heavy atom. The molecule has 5 rings (SSSR count). The molecule has 1 aliphatic heterocycles. The molecule has 2 amide bonds. The molecule has 1 fully saturated rings. The second-order valence-corrected chi connectivity index (χ2v) is 11.7. The van der Waals surface area contributed by atoms with Crippen LogP contribution in [0, 0.1) is 5.82 Å². The van der Waals surface area contributed by atoms with Crippen molar-refractivity contribution in [3.8, 4) is 22.8 Å². The molecule has 0 radical (unpaired) electrons. The summed E-state index contributed by atoms with van der Waals surface area (Å²) in [5.74, 6) is -2.35. The van der Waals surface area contributed by atoms with Crippen LogP contribution in [0.1, 0.15) is 36.7 Å². The van der Waals surface area contributed by atoms with Gasteiger partial charge in [-0.25, -0.2) is 14.0 Å². The van der Waals surface area contributed by atoms with E-state index in [1.165, 1.54) is 12.1 Å². The fraction of sp³-hybridized carbons (Fsp3) is 0.303. The number of rotatable bonds is 9. The number of anilines is 2. The van der Waals surface area contributed by atoms with E-state index < -0.39 is 35.4 Å². The highest BCUT2D eigenvalue weighted by Crippen LogP contribution is 2.26. The number of carboxylic acids is 1. The lowest BCUT2D eigenvalue weighted by Gasteiger charge is -2.28. The summed E-state index contributed by atoms with van der Waals surface area (Å²) >= 11 is 0. The number of carbonyl (C=O) groups excluding carboxylic acids is 2. The van der Waals surface area contributed by atoms with Crippen molar-refractivity contribution in [3.05, 3.63) is 83.7 Å². The van der Waals surface area contributed by atoms with Crippen LogP contribution in [0.25, 0.3) is 22.8 Å². The number of nitrogens with zero attached hydrogens (tertiary/aromatic N) is 3. The molecule has 13 heteroatoms. The van der Waals surface area contributed by atoms with Gasteiger partial charge in [0.2, 0.25) is 5.82 Å². The predicted octanol–water partition coefficient (Wildman–Crippen LogP) is 5.15. The van der Waals surface area contributed by atoms with Crippen LogP contribution in [-0.2, 0) is 20.7 Å². The van der Waals surface area contributed by atoms with Crippen molar-refractivity contribution in [3.63, 3.8) is 0 Å². The van der Waals surface area contributed by atoms with Crippen LogP contribution in [0.15, 0.2) is 71.3 Å². The Bertz CT molecular complexity index is 1690. The normalized spacial score (nSPS) is 14.0. The van der Waals surface area contributed by atoms with Crippen molar-refractivity contribution in [2.45, 2.75) is 38.8 Å².